The number of hydrogen-bond acceptors (Lipinski definition) is 4. The van der Waals surface area contributed by atoms with Crippen molar-refractivity contribution >= 4 is 43.5 Å². The Bertz CT molecular complexity index is 1680. The van der Waals surface area contributed by atoms with E-state index in [-0.39, 0.29) is 23.8 Å². The molecule has 0 fully saturated rings. The second-order valence-electron chi connectivity index (χ2n) is 11.2. The van der Waals surface area contributed by atoms with E-state index in [4.69, 9.17) is 0 Å². The number of nitrogens with zero attached hydrogens (tertiary/aromatic N) is 2. The molecule has 45 heavy (non-hydrogen) atoms. The first-order valence-corrected chi connectivity index (χ1v) is 17.3. The third kappa shape index (κ3) is 9.28. The molecule has 4 rings (SSSR count). The zero-order chi connectivity index (χ0) is 32.4. The van der Waals surface area contributed by atoms with Gasteiger partial charge < -0.3 is 10.2 Å². The van der Waals surface area contributed by atoms with E-state index in [1.54, 1.807) is 48.5 Å². The molecule has 0 heterocycles. The summed E-state index contributed by atoms with van der Waals surface area (Å²) in [7, 11) is -4.14. The maximum Gasteiger partial charge on any atom is 0.264 e. The van der Waals surface area contributed by atoms with Crippen molar-refractivity contribution in [3.05, 3.63) is 130 Å². The molecule has 0 bridgehead atoms. The van der Waals surface area contributed by atoms with Crippen LogP contribution in [0.3, 0.4) is 0 Å². The molecule has 0 saturated heterocycles. The minimum absolute atomic E-state index is 0.0761. The maximum atomic E-state index is 14.5. The van der Waals surface area contributed by atoms with Gasteiger partial charge in [-0.15, -0.1) is 0 Å². The van der Waals surface area contributed by atoms with Crippen molar-refractivity contribution in [2.45, 2.75) is 57.5 Å². The van der Waals surface area contributed by atoms with E-state index in [0.717, 1.165) is 43.9 Å². The fraction of sp³-hybridized carbons (Fsp3) is 0.278. The van der Waals surface area contributed by atoms with E-state index < -0.39 is 28.5 Å². The predicted molar refractivity (Wildman–Crippen MR) is 183 cm³/mol. The van der Waals surface area contributed by atoms with Gasteiger partial charge in [0.15, 0.2) is 0 Å². The second kappa shape index (κ2) is 15.9. The first kappa shape index (κ1) is 33.9. The summed E-state index contributed by atoms with van der Waals surface area (Å²) < 4.78 is 30.2. The maximum absolute atomic E-state index is 14.5. The van der Waals surface area contributed by atoms with Crippen LogP contribution in [0.25, 0.3) is 0 Å². The highest BCUT2D eigenvalue weighted by Gasteiger charge is 2.34. The van der Waals surface area contributed by atoms with Gasteiger partial charge in [-0.1, -0.05) is 107 Å². The summed E-state index contributed by atoms with van der Waals surface area (Å²) in [6, 6.07) is 29.8. The molecule has 0 unspecified atom stereocenters. The Morgan fingerprint density at radius 3 is 2.13 bits per heavy atom. The number of unbranched alkanes of at least 4 members (excludes halogenated alkanes) is 1. The van der Waals surface area contributed by atoms with Gasteiger partial charge in [0.05, 0.1) is 10.6 Å². The van der Waals surface area contributed by atoms with E-state index in [9.17, 15) is 18.0 Å². The third-order valence-corrected chi connectivity index (χ3v) is 9.86. The lowest BCUT2D eigenvalue weighted by Crippen LogP contribution is -2.53. The van der Waals surface area contributed by atoms with Crippen LogP contribution in [0.5, 0.6) is 0 Å². The van der Waals surface area contributed by atoms with Crippen LogP contribution in [0, 0.1) is 13.8 Å². The number of sulfonamides is 1. The molecule has 0 aliphatic rings. The monoisotopic (exact) mass is 689 g/mol. The molecule has 0 aliphatic carbocycles. The van der Waals surface area contributed by atoms with Crippen LogP contribution >= 0.6 is 15.9 Å². The van der Waals surface area contributed by atoms with Crippen LogP contribution in [0.15, 0.2) is 112 Å². The predicted octanol–water partition coefficient (Wildman–Crippen LogP) is 6.82. The van der Waals surface area contributed by atoms with Crippen LogP contribution in [0.4, 0.5) is 5.69 Å². The highest BCUT2D eigenvalue weighted by molar-refractivity contribution is 9.10. The number of carbonyl (C=O) groups is 2. The van der Waals surface area contributed by atoms with E-state index in [2.05, 4.69) is 21.2 Å². The van der Waals surface area contributed by atoms with Crippen LogP contribution in [-0.2, 0) is 32.6 Å². The number of nitrogens with one attached hydrogen (secondary N) is 1. The number of amides is 2. The lowest BCUT2D eigenvalue weighted by atomic mass is 10.0. The molecular formula is C36H40BrN3O4S. The fourth-order valence-corrected chi connectivity index (χ4v) is 6.72. The zero-order valence-electron chi connectivity index (χ0n) is 25.9. The zero-order valence-corrected chi connectivity index (χ0v) is 28.4. The molecule has 1 N–H and O–H groups in total. The summed E-state index contributed by atoms with van der Waals surface area (Å²) in [5, 5.41) is 3.02. The minimum atomic E-state index is -4.14. The van der Waals surface area contributed by atoms with Gasteiger partial charge in [-0.05, 0) is 67.8 Å². The van der Waals surface area contributed by atoms with E-state index in [1.165, 1.54) is 4.90 Å². The van der Waals surface area contributed by atoms with Crippen molar-refractivity contribution in [1.29, 1.82) is 0 Å². The molecule has 0 saturated carbocycles. The summed E-state index contributed by atoms with van der Waals surface area (Å²) in [5.41, 5.74) is 4.02. The Morgan fingerprint density at radius 1 is 0.822 bits per heavy atom. The van der Waals surface area contributed by atoms with Gasteiger partial charge in [0.25, 0.3) is 10.0 Å². The van der Waals surface area contributed by atoms with Gasteiger partial charge in [-0.2, -0.15) is 0 Å². The first-order chi connectivity index (χ1) is 21.6. The number of halogens is 1. The van der Waals surface area contributed by atoms with Crippen molar-refractivity contribution in [2.24, 2.45) is 0 Å². The molecule has 2 amide bonds. The number of carbonyl (C=O) groups excluding carboxylic acids is 2. The molecule has 9 heteroatoms. The van der Waals surface area contributed by atoms with Gasteiger partial charge >= 0.3 is 0 Å². The number of hydrogen-bond donors (Lipinski definition) is 1. The molecule has 236 valence electrons. The van der Waals surface area contributed by atoms with Crippen LogP contribution in [0.2, 0.25) is 0 Å². The van der Waals surface area contributed by atoms with Crippen molar-refractivity contribution in [1.82, 2.24) is 10.2 Å². The van der Waals surface area contributed by atoms with Crippen LogP contribution in [0.1, 0.15) is 42.0 Å². The van der Waals surface area contributed by atoms with Crippen LogP contribution in [-0.4, -0.2) is 44.3 Å². The lowest BCUT2D eigenvalue weighted by Gasteiger charge is -2.34. The average Bonchev–Trinajstić information content (AvgIpc) is 3.02. The van der Waals surface area contributed by atoms with Gasteiger partial charge in [-0.3, -0.25) is 13.9 Å². The van der Waals surface area contributed by atoms with E-state index >= 15 is 0 Å². The van der Waals surface area contributed by atoms with Crippen molar-refractivity contribution in [2.75, 3.05) is 17.4 Å². The Labute approximate surface area is 275 Å². The summed E-state index contributed by atoms with van der Waals surface area (Å²) in [6.07, 6.45) is 2.00. The largest absolute Gasteiger partial charge is 0.354 e. The number of aryl methyl sites for hydroxylation is 2. The molecular weight excluding hydrogens is 650 g/mol. The fourth-order valence-electron chi connectivity index (χ4n) is 5.04. The number of anilines is 1. The molecule has 7 nitrogen and oxygen atoms in total. The van der Waals surface area contributed by atoms with E-state index in [1.807, 2.05) is 75.4 Å². The van der Waals surface area contributed by atoms with Gasteiger partial charge in [0.1, 0.15) is 12.6 Å². The standard InChI is InChI=1S/C36H40BrN3O4S/c1-4-5-22-38-36(42)34(24-29-11-7-6-8-12-29)39(25-30-13-9-10-28(3)23-30)35(41)26-40(32-18-16-31(37)17-19-32)45(43,44)33-20-14-27(2)15-21-33/h6-21,23,34H,4-5,22,24-26H2,1-3H3,(H,38,42)/t34-/m1/s1. The first-order valence-electron chi connectivity index (χ1n) is 15.1. The molecule has 0 aromatic heterocycles. The topological polar surface area (TPSA) is 86.8 Å². The molecule has 0 spiro atoms. The average molecular weight is 691 g/mol. The highest BCUT2D eigenvalue weighted by Crippen LogP contribution is 2.27. The van der Waals surface area contributed by atoms with Gasteiger partial charge in [-0.25, -0.2) is 8.42 Å². The quantitative estimate of drug-likeness (QED) is 0.147. The number of rotatable bonds is 14. The van der Waals surface area contributed by atoms with Crippen molar-refractivity contribution in [3.63, 3.8) is 0 Å². The van der Waals surface area contributed by atoms with Gasteiger partial charge in [0.2, 0.25) is 11.8 Å². The Hall–Kier alpha value is -3.95. The van der Waals surface area contributed by atoms with Crippen molar-refractivity contribution in [3.8, 4) is 0 Å². The molecule has 1 atom stereocenters. The Morgan fingerprint density at radius 2 is 1.49 bits per heavy atom. The summed E-state index contributed by atoms with van der Waals surface area (Å²) in [5.74, 6) is -0.758. The Balaban J connectivity index is 1.78. The Kier molecular flexibility index (Phi) is 12.0. The molecule has 4 aromatic rings. The normalized spacial score (nSPS) is 11.9. The molecule has 0 radical (unpaired) electrons. The smallest absolute Gasteiger partial charge is 0.264 e. The van der Waals surface area contributed by atoms with Crippen molar-refractivity contribution < 1.29 is 18.0 Å². The van der Waals surface area contributed by atoms with Gasteiger partial charge in [0, 0.05) is 24.0 Å². The van der Waals surface area contributed by atoms with E-state index in [0.29, 0.717) is 12.2 Å². The van der Waals surface area contributed by atoms with Crippen LogP contribution < -0.4 is 9.62 Å². The molecule has 0 aliphatic heterocycles. The molecule has 4 aromatic carbocycles. The lowest BCUT2D eigenvalue weighted by molar-refractivity contribution is -0.140. The summed E-state index contributed by atoms with van der Waals surface area (Å²) in [6.45, 7) is 6.04. The third-order valence-electron chi connectivity index (χ3n) is 7.54. The highest BCUT2D eigenvalue weighted by atomic mass is 79.9. The summed E-state index contributed by atoms with van der Waals surface area (Å²) in [4.78, 5) is 29.9. The number of benzene rings is 4. The second-order valence-corrected chi connectivity index (χ2v) is 13.9. The minimum Gasteiger partial charge on any atom is -0.354 e. The summed E-state index contributed by atoms with van der Waals surface area (Å²) >= 11 is 3.42. The SMILES string of the molecule is CCCCNC(=O)[C@@H](Cc1ccccc1)N(Cc1cccc(C)c1)C(=O)CN(c1ccc(Br)cc1)S(=O)(=O)c1ccc(C)cc1.